The summed E-state index contributed by atoms with van der Waals surface area (Å²) in [7, 11) is 1.91. The molecule has 1 amide bonds. The Kier molecular flexibility index (Phi) is 9.22. The topological polar surface area (TPSA) is 71.4 Å². The molecule has 1 aromatic heterocycles. The van der Waals surface area contributed by atoms with Gasteiger partial charge in [0.2, 0.25) is 5.91 Å². The van der Waals surface area contributed by atoms with Gasteiger partial charge in [-0.2, -0.15) is 5.10 Å². The zero-order valence-electron chi connectivity index (χ0n) is 17.5. The van der Waals surface area contributed by atoms with E-state index in [0.717, 1.165) is 31.7 Å². The molecule has 2 aliphatic heterocycles. The van der Waals surface area contributed by atoms with Crippen LogP contribution in [0.3, 0.4) is 0 Å². The van der Waals surface area contributed by atoms with E-state index in [1.807, 2.05) is 19.4 Å². The van der Waals surface area contributed by atoms with Gasteiger partial charge in [0.1, 0.15) is 0 Å². The van der Waals surface area contributed by atoms with E-state index in [4.69, 9.17) is 4.74 Å². The number of aryl methyl sites for hydroxylation is 1. The van der Waals surface area contributed by atoms with Gasteiger partial charge in [-0.3, -0.25) is 14.4 Å². The molecule has 0 aromatic carbocycles. The van der Waals surface area contributed by atoms with Gasteiger partial charge in [-0.05, 0) is 33.3 Å². The lowest BCUT2D eigenvalue weighted by atomic mass is 9.90. The molecule has 2 unspecified atom stereocenters. The fourth-order valence-corrected chi connectivity index (χ4v) is 4.15. The molecule has 4 atom stereocenters. The number of halogens is 2. The van der Waals surface area contributed by atoms with Crippen LogP contribution in [-0.2, 0) is 16.6 Å². The fraction of sp³-hybridized carbons (Fsp3) is 0.789. The van der Waals surface area contributed by atoms with Crippen LogP contribution in [0.2, 0.25) is 0 Å². The summed E-state index contributed by atoms with van der Waals surface area (Å²) in [6.45, 7) is 12.6. The number of nitrogens with zero attached hydrogens (tertiary/aromatic N) is 3. The summed E-state index contributed by atoms with van der Waals surface area (Å²) in [5.41, 5.74) is 1.03. The molecule has 2 N–H and O–H groups in total. The van der Waals surface area contributed by atoms with Crippen molar-refractivity contribution in [1.29, 1.82) is 0 Å². The minimum absolute atomic E-state index is 0. The van der Waals surface area contributed by atoms with Crippen molar-refractivity contribution in [3.63, 3.8) is 0 Å². The van der Waals surface area contributed by atoms with Gasteiger partial charge in [0, 0.05) is 57.4 Å². The number of hydrogen-bond donors (Lipinski definition) is 2. The smallest absolute Gasteiger partial charge is 0.225 e. The number of nitrogens with one attached hydrogen (secondary N) is 2. The second-order valence-corrected chi connectivity index (χ2v) is 8.51. The molecule has 0 aliphatic carbocycles. The zero-order chi connectivity index (χ0) is 18.9. The summed E-state index contributed by atoms with van der Waals surface area (Å²) < 4.78 is 7.64. The highest BCUT2D eigenvalue weighted by Crippen LogP contribution is 2.28. The Hall–Kier alpha value is -0.860. The zero-order valence-corrected chi connectivity index (χ0v) is 19.1. The monoisotopic (exact) mass is 435 g/mol. The molecule has 2 saturated heterocycles. The normalized spacial score (nSPS) is 28.3. The lowest BCUT2D eigenvalue weighted by molar-refractivity contribution is -0.126. The Bertz CT molecular complexity index is 630. The van der Waals surface area contributed by atoms with Crippen LogP contribution in [0.25, 0.3) is 0 Å². The number of carbonyl (C=O) groups excluding carboxylic acids is 1. The number of aromatic nitrogens is 2. The van der Waals surface area contributed by atoms with Gasteiger partial charge in [0.05, 0.1) is 24.3 Å². The Balaban J connectivity index is 0.00000196. The summed E-state index contributed by atoms with van der Waals surface area (Å²) in [6, 6.07) is 0. The van der Waals surface area contributed by atoms with Gasteiger partial charge < -0.3 is 15.4 Å². The average Bonchev–Trinajstić information content (AvgIpc) is 3.20. The Morgan fingerprint density at radius 2 is 1.93 bits per heavy atom. The highest BCUT2D eigenvalue weighted by molar-refractivity contribution is 5.85. The predicted octanol–water partition coefficient (Wildman–Crippen LogP) is 1.57. The van der Waals surface area contributed by atoms with Crippen LogP contribution in [0.4, 0.5) is 0 Å². The molecule has 0 saturated carbocycles. The highest BCUT2D eigenvalue weighted by Gasteiger charge is 2.37. The molecule has 2 fully saturated rings. The van der Waals surface area contributed by atoms with Crippen molar-refractivity contribution in [3.05, 3.63) is 18.0 Å². The van der Waals surface area contributed by atoms with E-state index in [9.17, 15) is 4.79 Å². The molecule has 2 aliphatic rings. The van der Waals surface area contributed by atoms with Gasteiger partial charge in [0.25, 0.3) is 0 Å². The lowest BCUT2D eigenvalue weighted by Crippen LogP contribution is -2.59. The fourth-order valence-electron chi connectivity index (χ4n) is 4.15. The first kappa shape index (κ1) is 25.2. The summed E-state index contributed by atoms with van der Waals surface area (Å²) in [4.78, 5) is 15.3. The van der Waals surface area contributed by atoms with Gasteiger partial charge in [-0.15, -0.1) is 24.8 Å². The van der Waals surface area contributed by atoms with E-state index in [-0.39, 0.29) is 60.3 Å². The maximum Gasteiger partial charge on any atom is 0.225 e. The van der Waals surface area contributed by atoms with Crippen LogP contribution >= 0.6 is 24.8 Å². The molecule has 162 valence electrons. The first-order valence-corrected chi connectivity index (χ1v) is 9.64. The van der Waals surface area contributed by atoms with Crippen LogP contribution in [0.5, 0.6) is 0 Å². The minimum atomic E-state index is -0.0994. The third kappa shape index (κ3) is 5.83. The van der Waals surface area contributed by atoms with Crippen molar-refractivity contribution in [2.75, 3.05) is 32.7 Å². The summed E-state index contributed by atoms with van der Waals surface area (Å²) in [6.07, 6.45) is 4.34. The van der Waals surface area contributed by atoms with Crippen LogP contribution in [-0.4, -0.2) is 71.1 Å². The van der Waals surface area contributed by atoms with Crippen molar-refractivity contribution in [2.45, 2.75) is 51.4 Å². The first-order valence-electron chi connectivity index (χ1n) is 9.64. The SMILES string of the molecule is CC1CN(C(C)(C)CNC(=O)[C@H]2CNC[C@@H]2c2cnn(C)c2)CC(C)O1.Cl.Cl. The number of carbonyl (C=O) groups is 1. The number of hydrogen-bond acceptors (Lipinski definition) is 5. The van der Waals surface area contributed by atoms with Crippen LogP contribution in [0.1, 0.15) is 39.2 Å². The van der Waals surface area contributed by atoms with Crippen molar-refractivity contribution in [1.82, 2.24) is 25.3 Å². The van der Waals surface area contributed by atoms with Crippen molar-refractivity contribution >= 4 is 30.7 Å². The van der Waals surface area contributed by atoms with E-state index < -0.39 is 0 Å². The highest BCUT2D eigenvalue weighted by atomic mass is 35.5. The summed E-state index contributed by atoms with van der Waals surface area (Å²) in [5.74, 6) is 0.277. The van der Waals surface area contributed by atoms with E-state index in [2.05, 4.69) is 48.3 Å². The number of rotatable bonds is 5. The molecule has 28 heavy (non-hydrogen) atoms. The third-order valence-electron chi connectivity index (χ3n) is 5.67. The molecule has 0 radical (unpaired) electrons. The molecule has 3 rings (SSSR count). The summed E-state index contributed by atoms with van der Waals surface area (Å²) >= 11 is 0. The standard InChI is InChI=1S/C19H33N5O2.2ClH/c1-13-9-24(10-14(2)26-13)19(3,4)12-21-18(25)17-8-20-7-16(17)15-6-22-23(5)11-15;;/h6,11,13-14,16-17,20H,7-10,12H2,1-5H3,(H,21,25);2*1H/t13?,14?,16-,17+;;/m1../s1. The van der Waals surface area contributed by atoms with Crippen molar-refractivity contribution in [2.24, 2.45) is 13.0 Å². The maximum absolute atomic E-state index is 12.9. The lowest BCUT2D eigenvalue weighted by Gasteiger charge is -2.45. The molecule has 3 heterocycles. The molecule has 9 heteroatoms. The molecule has 7 nitrogen and oxygen atoms in total. The van der Waals surface area contributed by atoms with Crippen molar-refractivity contribution in [3.8, 4) is 0 Å². The minimum Gasteiger partial charge on any atom is -0.373 e. The van der Waals surface area contributed by atoms with Gasteiger partial charge in [-0.25, -0.2) is 0 Å². The van der Waals surface area contributed by atoms with Gasteiger partial charge >= 0.3 is 0 Å². The maximum atomic E-state index is 12.9. The second-order valence-electron chi connectivity index (χ2n) is 8.51. The second kappa shape index (κ2) is 10.3. The predicted molar refractivity (Wildman–Crippen MR) is 115 cm³/mol. The summed E-state index contributed by atoms with van der Waals surface area (Å²) in [5, 5.41) is 10.8. The quantitative estimate of drug-likeness (QED) is 0.734. The third-order valence-corrected chi connectivity index (χ3v) is 5.67. The average molecular weight is 436 g/mol. The molecule has 0 spiro atoms. The largest absolute Gasteiger partial charge is 0.373 e. The Morgan fingerprint density at radius 1 is 1.29 bits per heavy atom. The van der Waals surface area contributed by atoms with Crippen LogP contribution in [0.15, 0.2) is 12.4 Å². The molecule has 0 bridgehead atoms. The van der Waals surface area contributed by atoms with E-state index in [1.54, 1.807) is 4.68 Å². The molecule has 1 aromatic rings. The van der Waals surface area contributed by atoms with Crippen molar-refractivity contribution < 1.29 is 9.53 Å². The number of ether oxygens (including phenoxy) is 1. The first-order chi connectivity index (χ1) is 12.3. The Labute approximate surface area is 180 Å². The molecular weight excluding hydrogens is 401 g/mol. The Morgan fingerprint density at radius 3 is 2.50 bits per heavy atom. The van der Waals surface area contributed by atoms with Gasteiger partial charge in [0.15, 0.2) is 0 Å². The van der Waals surface area contributed by atoms with E-state index in [1.165, 1.54) is 0 Å². The number of amides is 1. The van der Waals surface area contributed by atoms with Gasteiger partial charge in [-0.1, -0.05) is 0 Å². The van der Waals surface area contributed by atoms with Crippen LogP contribution < -0.4 is 10.6 Å². The van der Waals surface area contributed by atoms with E-state index >= 15 is 0 Å². The van der Waals surface area contributed by atoms with E-state index in [0.29, 0.717) is 6.54 Å². The number of morpholine rings is 1. The van der Waals surface area contributed by atoms with Crippen LogP contribution in [0, 0.1) is 5.92 Å². The molecular formula is C19H35Cl2N5O2.